The third-order valence-electron chi connectivity index (χ3n) is 5.64. The summed E-state index contributed by atoms with van der Waals surface area (Å²) < 4.78 is 2.19. The Morgan fingerprint density at radius 2 is 2.00 bits per heavy atom. The Labute approximate surface area is 120 Å². The van der Waals surface area contributed by atoms with Gasteiger partial charge in [0.25, 0.3) is 0 Å². The minimum atomic E-state index is -0.0546. The van der Waals surface area contributed by atoms with Gasteiger partial charge in [0.1, 0.15) is 0 Å². The summed E-state index contributed by atoms with van der Waals surface area (Å²) in [5.74, 6) is 1.24. The molecule has 2 aliphatic carbocycles. The van der Waals surface area contributed by atoms with Crippen LogP contribution in [0.3, 0.4) is 0 Å². The zero-order valence-electron chi connectivity index (χ0n) is 12.1. The Hall–Kier alpha value is -0.870. The predicted octanol–water partition coefficient (Wildman–Crippen LogP) is 2.20. The van der Waals surface area contributed by atoms with Gasteiger partial charge in [-0.2, -0.15) is 5.10 Å². The SMILES string of the molecule is OC1CCC2CN(Cc3ccn(C4CCCC4)n3)CC12. The van der Waals surface area contributed by atoms with Crippen molar-refractivity contribution in [3.8, 4) is 0 Å². The van der Waals surface area contributed by atoms with Crippen molar-refractivity contribution >= 4 is 0 Å². The number of rotatable bonds is 3. The highest BCUT2D eigenvalue weighted by Gasteiger charge is 2.41. The molecule has 0 aromatic carbocycles. The zero-order chi connectivity index (χ0) is 13.5. The van der Waals surface area contributed by atoms with E-state index in [4.69, 9.17) is 5.10 Å². The lowest BCUT2D eigenvalue weighted by Gasteiger charge is -2.16. The molecule has 20 heavy (non-hydrogen) atoms. The number of likely N-dealkylation sites (tertiary alicyclic amines) is 1. The third kappa shape index (κ3) is 2.29. The number of aliphatic hydroxyl groups is 1. The Morgan fingerprint density at radius 1 is 1.15 bits per heavy atom. The minimum absolute atomic E-state index is 0.0546. The van der Waals surface area contributed by atoms with Crippen LogP contribution in [0, 0.1) is 11.8 Å². The van der Waals surface area contributed by atoms with Crippen LogP contribution in [-0.2, 0) is 6.54 Å². The Bertz CT molecular complexity index is 466. The molecule has 1 saturated heterocycles. The van der Waals surface area contributed by atoms with Crippen molar-refractivity contribution < 1.29 is 5.11 Å². The summed E-state index contributed by atoms with van der Waals surface area (Å²) in [5, 5.41) is 14.8. The first kappa shape index (κ1) is 12.8. The molecule has 3 unspecified atom stereocenters. The van der Waals surface area contributed by atoms with Gasteiger partial charge < -0.3 is 5.11 Å². The lowest BCUT2D eigenvalue weighted by Crippen LogP contribution is -2.24. The monoisotopic (exact) mass is 275 g/mol. The van der Waals surface area contributed by atoms with Crippen LogP contribution in [0.1, 0.15) is 50.3 Å². The highest BCUT2D eigenvalue weighted by atomic mass is 16.3. The topological polar surface area (TPSA) is 41.3 Å². The van der Waals surface area contributed by atoms with Crippen molar-refractivity contribution in [2.75, 3.05) is 13.1 Å². The van der Waals surface area contributed by atoms with Crippen molar-refractivity contribution in [2.45, 2.75) is 57.2 Å². The largest absolute Gasteiger partial charge is 0.393 e. The molecule has 0 radical (unpaired) electrons. The maximum Gasteiger partial charge on any atom is 0.0764 e. The molecule has 4 heteroatoms. The first-order chi connectivity index (χ1) is 9.79. The van der Waals surface area contributed by atoms with Crippen molar-refractivity contribution in [3.05, 3.63) is 18.0 Å². The fraction of sp³-hybridized carbons (Fsp3) is 0.812. The van der Waals surface area contributed by atoms with E-state index >= 15 is 0 Å². The Morgan fingerprint density at radius 3 is 2.80 bits per heavy atom. The summed E-state index contributed by atoms with van der Waals surface area (Å²) in [6, 6.07) is 2.83. The molecule has 1 aromatic heterocycles. The second-order valence-electron chi connectivity index (χ2n) is 6.99. The predicted molar refractivity (Wildman–Crippen MR) is 77.2 cm³/mol. The number of aliphatic hydroxyl groups excluding tert-OH is 1. The summed E-state index contributed by atoms with van der Waals surface area (Å²) in [5.41, 5.74) is 1.20. The summed E-state index contributed by atoms with van der Waals surface area (Å²) in [6.07, 6.45) is 9.62. The van der Waals surface area contributed by atoms with E-state index in [0.29, 0.717) is 12.0 Å². The number of fused-ring (bicyclic) bond motifs is 1. The normalized spacial score (nSPS) is 35.0. The third-order valence-corrected chi connectivity index (χ3v) is 5.64. The molecule has 0 spiro atoms. The molecule has 1 aromatic rings. The molecular formula is C16H25N3O. The van der Waals surface area contributed by atoms with Gasteiger partial charge in [-0.25, -0.2) is 0 Å². The van der Waals surface area contributed by atoms with E-state index in [2.05, 4.69) is 21.8 Å². The van der Waals surface area contributed by atoms with E-state index in [1.165, 1.54) is 37.8 Å². The van der Waals surface area contributed by atoms with Crippen LogP contribution < -0.4 is 0 Å². The quantitative estimate of drug-likeness (QED) is 0.919. The average Bonchev–Trinajstić information content (AvgIpc) is 3.17. The summed E-state index contributed by atoms with van der Waals surface area (Å²) in [4.78, 5) is 2.49. The molecule has 0 bridgehead atoms. The van der Waals surface area contributed by atoms with Gasteiger partial charge in [-0.3, -0.25) is 9.58 Å². The van der Waals surface area contributed by atoms with Crippen molar-refractivity contribution in [1.29, 1.82) is 0 Å². The van der Waals surface area contributed by atoms with Crippen molar-refractivity contribution in [3.63, 3.8) is 0 Å². The fourth-order valence-corrected chi connectivity index (χ4v) is 4.52. The highest BCUT2D eigenvalue weighted by molar-refractivity contribution is 5.02. The maximum atomic E-state index is 9.98. The zero-order valence-corrected chi connectivity index (χ0v) is 12.1. The van der Waals surface area contributed by atoms with E-state index < -0.39 is 0 Å². The van der Waals surface area contributed by atoms with E-state index in [0.717, 1.165) is 32.0 Å². The Balaban J connectivity index is 1.38. The summed E-state index contributed by atoms with van der Waals surface area (Å²) in [7, 11) is 0. The molecule has 3 aliphatic rings. The van der Waals surface area contributed by atoms with E-state index in [1.807, 2.05) is 0 Å². The first-order valence-corrected chi connectivity index (χ1v) is 8.24. The van der Waals surface area contributed by atoms with Gasteiger partial charge in [0.05, 0.1) is 17.8 Å². The van der Waals surface area contributed by atoms with Gasteiger partial charge in [0, 0.05) is 31.7 Å². The van der Waals surface area contributed by atoms with Crippen LogP contribution in [0.15, 0.2) is 12.3 Å². The smallest absolute Gasteiger partial charge is 0.0764 e. The molecule has 4 rings (SSSR count). The van der Waals surface area contributed by atoms with Crippen molar-refractivity contribution in [2.24, 2.45) is 11.8 Å². The van der Waals surface area contributed by atoms with Gasteiger partial charge in [0.2, 0.25) is 0 Å². The standard InChI is InChI=1S/C16H25N3O/c20-16-6-5-12-9-18(11-15(12)16)10-13-7-8-19(17-13)14-3-1-2-4-14/h7-8,12,14-16,20H,1-6,9-11H2. The van der Waals surface area contributed by atoms with Gasteiger partial charge in [0.15, 0.2) is 0 Å². The second kappa shape index (κ2) is 5.15. The first-order valence-electron chi connectivity index (χ1n) is 8.24. The Kier molecular flexibility index (Phi) is 3.31. The summed E-state index contributed by atoms with van der Waals surface area (Å²) in [6.45, 7) is 3.17. The van der Waals surface area contributed by atoms with E-state index in [1.54, 1.807) is 0 Å². The van der Waals surface area contributed by atoms with Crippen LogP contribution in [0.25, 0.3) is 0 Å². The van der Waals surface area contributed by atoms with Gasteiger partial charge in [-0.1, -0.05) is 12.8 Å². The molecular weight excluding hydrogens is 250 g/mol. The van der Waals surface area contributed by atoms with Crippen LogP contribution in [0.4, 0.5) is 0 Å². The average molecular weight is 275 g/mol. The number of hydrogen-bond donors (Lipinski definition) is 1. The molecule has 4 nitrogen and oxygen atoms in total. The number of nitrogens with zero attached hydrogens (tertiary/aromatic N) is 3. The van der Waals surface area contributed by atoms with Crippen molar-refractivity contribution in [1.82, 2.24) is 14.7 Å². The molecule has 1 aliphatic heterocycles. The van der Waals surface area contributed by atoms with E-state index in [-0.39, 0.29) is 6.10 Å². The van der Waals surface area contributed by atoms with Crippen LogP contribution in [-0.4, -0.2) is 39.0 Å². The molecule has 3 fully saturated rings. The maximum absolute atomic E-state index is 9.98. The lowest BCUT2D eigenvalue weighted by atomic mass is 10.00. The number of hydrogen-bond acceptors (Lipinski definition) is 3. The number of aromatic nitrogens is 2. The summed E-state index contributed by atoms with van der Waals surface area (Å²) >= 11 is 0. The molecule has 1 N–H and O–H groups in total. The van der Waals surface area contributed by atoms with Gasteiger partial charge in [-0.15, -0.1) is 0 Å². The van der Waals surface area contributed by atoms with Crippen LogP contribution >= 0.6 is 0 Å². The van der Waals surface area contributed by atoms with Crippen LogP contribution in [0.5, 0.6) is 0 Å². The molecule has 110 valence electrons. The lowest BCUT2D eigenvalue weighted by molar-refractivity contribution is 0.123. The molecule has 2 saturated carbocycles. The van der Waals surface area contributed by atoms with Gasteiger partial charge in [-0.05, 0) is 37.7 Å². The molecule has 3 atom stereocenters. The van der Waals surface area contributed by atoms with Crippen LogP contribution in [0.2, 0.25) is 0 Å². The van der Waals surface area contributed by atoms with Gasteiger partial charge >= 0.3 is 0 Å². The van der Waals surface area contributed by atoms with E-state index in [9.17, 15) is 5.11 Å². The molecule has 2 heterocycles. The highest BCUT2D eigenvalue weighted by Crippen LogP contribution is 2.38. The molecule has 0 amide bonds. The second-order valence-corrected chi connectivity index (χ2v) is 6.99. The fourth-order valence-electron chi connectivity index (χ4n) is 4.52. The minimum Gasteiger partial charge on any atom is -0.393 e.